The molecule has 5 nitrogen and oxygen atoms in total. The van der Waals surface area contributed by atoms with Gasteiger partial charge in [-0.3, -0.25) is 9.59 Å². The van der Waals surface area contributed by atoms with Gasteiger partial charge in [0.25, 0.3) is 0 Å². The van der Waals surface area contributed by atoms with Crippen molar-refractivity contribution in [2.75, 3.05) is 6.61 Å². The number of ether oxygens (including phenoxy) is 1. The zero-order valence-corrected chi connectivity index (χ0v) is 12.0. The highest BCUT2D eigenvalue weighted by molar-refractivity contribution is 6.06. The maximum Gasteiger partial charge on any atom is 0.338 e. The number of hydrogen-bond acceptors (Lipinski definition) is 5. The van der Waals surface area contributed by atoms with Crippen LogP contribution >= 0.6 is 0 Å². The lowest BCUT2D eigenvalue weighted by atomic mass is 9.83. The lowest BCUT2D eigenvalue weighted by Gasteiger charge is -2.24. The van der Waals surface area contributed by atoms with Crippen LogP contribution in [0, 0.1) is 0 Å². The number of pyridine rings is 1. The minimum absolute atomic E-state index is 0.0806. The number of esters is 1. The van der Waals surface area contributed by atoms with E-state index in [1.165, 1.54) is 0 Å². The summed E-state index contributed by atoms with van der Waals surface area (Å²) >= 11 is 0. The van der Waals surface area contributed by atoms with E-state index in [0.717, 1.165) is 0 Å². The molecule has 0 spiro atoms. The Morgan fingerprint density at radius 2 is 1.52 bits per heavy atom. The molecule has 0 bridgehead atoms. The molecule has 0 aliphatic heterocycles. The van der Waals surface area contributed by atoms with E-state index in [1.54, 1.807) is 6.92 Å². The summed E-state index contributed by atoms with van der Waals surface area (Å²) in [5.41, 5.74) is 2.39. The maximum atomic E-state index is 12.3. The number of hydrogen-bond donors (Lipinski definition) is 0. The van der Waals surface area contributed by atoms with Crippen LogP contribution in [0.3, 0.4) is 0 Å². The highest BCUT2D eigenvalue weighted by Gasteiger charge is 2.33. The predicted molar refractivity (Wildman–Crippen MR) is 74.7 cm³/mol. The SMILES string of the molecule is CCOC(=O)c1c2c(nc3c1CCCC3=O)C(=O)CCC2. The zero-order chi connectivity index (χ0) is 15.0. The Hall–Kier alpha value is -2.04. The highest BCUT2D eigenvalue weighted by Crippen LogP contribution is 2.32. The molecule has 110 valence electrons. The smallest absolute Gasteiger partial charge is 0.338 e. The molecule has 1 aromatic rings. The van der Waals surface area contributed by atoms with Crippen LogP contribution in [0.15, 0.2) is 0 Å². The van der Waals surface area contributed by atoms with Crippen LogP contribution in [0.4, 0.5) is 0 Å². The van der Waals surface area contributed by atoms with Crippen LogP contribution < -0.4 is 0 Å². The fourth-order valence-corrected chi connectivity index (χ4v) is 3.15. The van der Waals surface area contributed by atoms with Crippen molar-refractivity contribution in [2.45, 2.75) is 45.4 Å². The number of carbonyl (C=O) groups is 3. The molecule has 0 saturated heterocycles. The molecular formula is C16H17NO4. The first-order chi connectivity index (χ1) is 10.1. The number of rotatable bonds is 2. The van der Waals surface area contributed by atoms with Gasteiger partial charge in [-0.15, -0.1) is 0 Å². The molecule has 21 heavy (non-hydrogen) atoms. The van der Waals surface area contributed by atoms with Gasteiger partial charge in [0.05, 0.1) is 12.2 Å². The van der Waals surface area contributed by atoms with E-state index in [0.29, 0.717) is 66.6 Å². The summed E-state index contributed by atoms with van der Waals surface area (Å²) in [6, 6.07) is 0. The number of nitrogens with zero attached hydrogens (tertiary/aromatic N) is 1. The van der Waals surface area contributed by atoms with Crippen molar-refractivity contribution < 1.29 is 19.1 Å². The van der Waals surface area contributed by atoms with Gasteiger partial charge in [-0.05, 0) is 43.7 Å². The van der Waals surface area contributed by atoms with Crippen LogP contribution in [0.1, 0.15) is 75.1 Å². The van der Waals surface area contributed by atoms with E-state index in [4.69, 9.17) is 4.74 Å². The minimum atomic E-state index is -0.434. The van der Waals surface area contributed by atoms with Crippen molar-refractivity contribution in [3.8, 4) is 0 Å². The summed E-state index contributed by atoms with van der Waals surface area (Å²) in [7, 11) is 0. The van der Waals surface area contributed by atoms with Crippen LogP contribution in [0.25, 0.3) is 0 Å². The third-order valence-electron chi connectivity index (χ3n) is 4.07. The summed E-state index contributed by atoms with van der Waals surface area (Å²) < 4.78 is 5.14. The van der Waals surface area contributed by atoms with Gasteiger partial charge in [0.1, 0.15) is 11.4 Å². The first kappa shape index (κ1) is 13.9. The van der Waals surface area contributed by atoms with Crippen LogP contribution in [-0.4, -0.2) is 29.1 Å². The van der Waals surface area contributed by atoms with E-state index >= 15 is 0 Å². The number of carbonyl (C=O) groups excluding carboxylic acids is 3. The second kappa shape index (κ2) is 5.39. The molecule has 0 unspecified atom stereocenters. The zero-order valence-electron chi connectivity index (χ0n) is 12.0. The van der Waals surface area contributed by atoms with Crippen molar-refractivity contribution in [3.63, 3.8) is 0 Å². The fourth-order valence-electron chi connectivity index (χ4n) is 3.15. The number of fused-ring (bicyclic) bond motifs is 2. The number of aromatic nitrogens is 1. The van der Waals surface area contributed by atoms with Gasteiger partial charge in [-0.25, -0.2) is 9.78 Å². The standard InChI is InChI=1S/C16H17NO4/c1-2-21-16(20)13-9-5-3-7-11(18)14(9)17-15-10(13)6-4-8-12(15)19/h2-8H2,1H3. The van der Waals surface area contributed by atoms with Crippen molar-refractivity contribution in [2.24, 2.45) is 0 Å². The Labute approximate surface area is 122 Å². The Morgan fingerprint density at radius 3 is 2.00 bits per heavy atom. The van der Waals surface area contributed by atoms with Crippen molar-refractivity contribution in [1.82, 2.24) is 4.98 Å². The van der Waals surface area contributed by atoms with Crippen LogP contribution in [0.2, 0.25) is 0 Å². The summed E-state index contributed by atoms with van der Waals surface area (Å²) in [5, 5.41) is 0. The van der Waals surface area contributed by atoms with Crippen LogP contribution in [0.5, 0.6) is 0 Å². The van der Waals surface area contributed by atoms with E-state index in [2.05, 4.69) is 4.98 Å². The van der Waals surface area contributed by atoms with Gasteiger partial charge in [0.2, 0.25) is 0 Å². The summed E-state index contributed by atoms with van der Waals surface area (Å²) in [4.78, 5) is 40.8. The Balaban J connectivity index is 2.26. The topological polar surface area (TPSA) is 73.3 Å². The summed E-state index contributed by atoms with van der Waals surface area (Å²) in [6.45, 7) is 2.01. The number of Topliss-reactive ketones (excluding diaryl/α,β-unsaturated/α-hetero) is 2. The molecule has 2 aliphatic rings. The quantitative estimate of drug-likeness (QED) is 0.780. The minimum Gasteiger partial charge on any atom is -0.462 e. The Morgan fingerprint density at radius 1 is 1.00 bits per heavy atom. The number of ketones is 2. The molecule has 5 heteroatoms. The van der Waals surface area contributed by atoms with Gasteiger partial charge < -0.3 is 4.74 Å². The molecule has 1 aromatic heterocycles. The molecule has 0 fully saturated rings. The first-order valence-electron chi connectivity index (χ1n) is 7.42. The van der Waals surface area contributed by atoms with Crippen LogP contribution in [-0.2, 0) is 17.6 Å². The van der Waals surface area contributed by atoms with Crippen molar-refractivity contribution in [1.29, 1.82) is 0 Å². The lowest BCUT2D eigenvalue weighted by molar-refractivity contribution is 0.0523. The van der Waals surface area contributed by atoms with E-state index in [-0.39, 0.29) is 18.2 Å². The highest BCUT2D eigenvalue weighted by atomic mass is 16.5. The average Bonchev–Trinajstić information content (AvgIpc) is 2.46. The first-order valence-corrected chi connectivity index (χ1v) is 7.42. The molecule has 0 amide bonds. The molecule has 0 N–H and O–H groups in total. The summed E-state index contributed by atoms with van der Waals surface area (Å²) in [6.07, 6.45) is 3.57. The summed E-state index contributed by atoms with van der Waals surface area (Å²) in [5.74, 6) is -0.595. The van der Waals surface area contributed by atoms with Crippen molar-refractivity contribution >= 4 is 17.5 Å². The second-order valence-corrected chi connectivity index (χ2v) is 5.42. The average molecular weight is 287 g/mol. The molecule has 0 atom stereocenters. The van der Waals surface area contributed by atoms with Gasteiger partial charge in [-0.2, -0.15) is 0 Å². The van der Waals surface area contributed by atoms with Gasteiger partial charge >= 0.3 is 5.97 Å². The lowest BCUT2D eigenvalue weighted by Crippen LogP contribution is -2.26. The van der Waals surface area contributed by atoms with Crippen molar-refractivity contribution in [3.05, 3.63) is 28.1 Å². The van der Waals surface area contributed by atoms with E-state index in [9.17, 15) is 14.4 Å². The normalized spacial score (nSPS) is 17.2. The van der Waals surface area contributed by atoms with Gasteiger partial charge in [-0.1, -0.05) is 0 Å². The van der Waals surface area contributed by atoms with Gasteiger partial charge in [0.15, 0.2) is 11.6 Å². The third kappa shape index (κ3) is 2.26. The largest absolute Gasteiger partial charge is 0.462 e. The molecular weight excluding hydrogens is 270 g/mol. The van der Waals surface area contributed by atoms with E-state index < -0.39 is 5.97 Å². The molecule has 1 heterocycles. The monoisotopic (exact) mass is 287 g/mol. The van der Waals surface area contributed by atoms with Gasteiger partial charge in [0, 0.05) is 12.8 Å². The second-order valence-electron chi connectivity index (χ2n) is 5.42. The molecule has 2 aliphatic carbocycles. The molecule has 0 radical (unpaired) electrons. The van der Waals surface area contributed by atoms with E-state index in [1.807, 2.05) is 0 Å². The molecule has 0 aromatic carbocycles. The molecule has 3 rings (SSSR count). The molecule has 0 saturated carbocycles. The maximum absolute atomic E-state index is 12.3. The Bertz CT molecular complexity index is 604. The third-order valence-corrected chi connectivity index (χ3v) is 4.07. The predicted octanol–water partition coefficient (Wildman–Crippen LogP) is 2.30. The fraction of sp³-hybridized carbons (Fsp3) is 0.500. The Kier molecular flexibility index (Phi) is 3.57.